The standard InChI is InChI=1S/C28H32F5NO3/c29-26(30)25-23-10-4-16(15-34-20-2-1-3-21(34)14-18(13-20)27(35)36)12-17(23)5-11-24(25)37-22-8-6-19(7-9-22)28(31,32)33/h4-5,10-12,18-22,26H,1-3,6-9,13-15H2,(H,35,36). The summed E-state index contributed by atoms with van der Waals surface area (Å²) in [6, 6.07) is 9.09. The number of hydrogen-bond acceptors (Lipinski definition) is 3. The number of rotatable bonds is 6. The lowest BCUT2D eigenvalue weighted by Crippen LogP contribution is -2.52. The molecule has 4 nitrogen and oxygen atoms in total. The molecular weight excluding hydrogens is 493 g/mol. The van der Waals surface area contributed by atoms with Gasteiger partial charge in [-0.05, 0) is 79.8 Å². The van der Waals surface area contributed by atoms with Crippen LogP contribution in [-0.2, 0) is 11.3 Å². The minimum absolute atomic E-state index is 0.0379. The smallest absolute Gasteiger partial charge is 0.391 e. The molecule has 2 heterocycles. The van der Waals surface area contributed by atoms with Crippen LogP contribution in [-0.4, -0.2) is 40.3 Å². The Bertz CT molecular complexity index is 1110. The number of ether oxygens (including phenoxy) is 1. The first kappa shape index (κ1) is 26.2. The fourth-order valence-electron chi connectivity index (χ4n) is 6.65. The Morgan fingerprint density at radius 1 is 1.00 bits per heavy atom. The molecule has 1 aliphatic carbocycles. The van der Waals surface area contributed by atoms with Crippen LogP contribution in [0.2, 0.25) is 0 Å². The Balaban J connectivity index is 1.33. The van der Waals surface area contributed by atoms with Gasteiger partial charge in [0.1, 0.15) is 5.75 Å². The molecule has 3 fully saturated rings. The molecule has 5 rings (SSSR count). The molecule has 2 bridgehead atoms. The Morgan fingerprint density at radius 2 is 1.68 bits per heavy atom. The van der Waals surface area contributed by atoms with Crippen molar-refractivity contribution < 1.29 is 36.6 Å². The molecule has 0 radical (unpaired) electrons. The van der Waals surface area contributed by atoms with E-state index in [-0.39, 0.29) is 55.0 Å². The molecule has 2 aromatic carbocycles. The average molecular weight is 526 g/mol. The maximum Gasteiger partial charge on any atom is 0.391 e. The van der Waals surface area contributed by atoms with Crippen molar-refractivity contribution in [2.45, 2.75) is 95.1 Å². The van der Waals surface area contributed by atoms with Crippen LogP contribution in [0.4, 0.5) is 22.0 Å². The van der Waals surface area contributed by atoms with Gasteiger partial charge >= 0.3 is 12.1 Å². The van der Waals surface area contributed by atoms with Gasteiger partial charge in [-0.25, -0.2) is 8.78 Å². The maximum atomic E-state index is 14.2. The monoisotopic (exact) mass is 525 g/mol. The first-order chi connectivity index (χ1) is 17.6. The molecule has 2 aromatic rings. The zero-order chi connectivity index (χ0) is 26.3. The molecule has 202 valence electrons. The molecule has 0 amide bonds. The second kappa shape index (κ2) is 10.4. The van der Waals surface area contributed by atoms with Crippen LogP contribution >= 0.6 is 0 Å². The number of halogens is 5. The molecular formula is C28H32F5NO3. The lowest BCUT2D eigenvalue weighted by atomic mass is 9.78. The quantitative estimate of drug-likeness (QED) is 0.397. The number of aliphatic carboxylic acids is 1. The summed E-state index contributed by atoms with van der Waals surface area (Å²) < 4.78 is 73.1. The van der Waals surface area contributed by atoms with E-state index in [9.17, 15) is 31.9 Å². The third kappa shape index (κ3) is 5.56. The zero-order valence-electron chi connectivity index (χ0n) is 20.5. The van der Waals surface area contributed by atoms with Crippen LogP contribution in [0.5, 0.6) is 5.75 Å². The highest BCUT2D eigenvalue weighted by Gasteiger charge is 2.42. The van der Waals surface area contributed by atoms with Gasteiger partial charge in [0.25, 0.3) is 6.43 Å². The largest absolute Gasteiger partial charge is 0.490 e. The third-order valence-electron chi connectivity index (χ3n) is 8.58. The summed E-state index contributed by atoms with van der Waals surface area (Å²) in [6.07, 6.45) is -2.97. The van der Waals surface area contributed by atoms with Crippen LogP contribution in [0.15, 0.2) is 30.3 Å². The van der Waals surface area contributed by atoms with Gasteiger partial charge in [-0.1, -0.05) is 24.6 Å². The highest BCUT2D eigenvalue weighted by Crippen LogP contribution is 2.42. The number of carbonyl (C=O) groups is 1. The van der Waals surface area contributed by atoms with Gasteiger partial charge in [-0.2, -0.15) is 13.2 Å². The van der Waals surface area contributed by atoms with Gasteiger partial charge in [0, 0.05) is 18.6 Å². The molecule has 1 saturated carbocycles. The average Bonchev–Trinajstić information content (AvgIpc) is 2.83. The van der Waals surface area contributed by atoms with E-state index >= 15 is 0 Å². The Labute approximate surface area is 212 Å². The van der Waals surface area contributed by atoms with E-state index in [1.807, 2.05) is 12.1 Å². The highest BCUT2D eigenvalue weighted by atomic mass is 19.4. The van der Waals surface area contributed by atoms with Gasteiger partial charge in [0.15, 0.2) is 0 Å². The summed E-state index contributed by atoms with van der Waals surface area (Å²) in [5, 5.41) is 10.5. The van der Waals surface area contributed by atoms with E-state index in [1.54, 1.807) is 12.1 Å². The van der Waals surface area contributed by atoms with Gasteiger partial charge < -0.3 is 9.84 Å². The molecule has 1 N–H and O–H groups in total. The van der Waals surface area contributed by atoms with Crippen LogP contribution in [0.1, 0.15) is 75.3 Å². The van der Waals surface area contributed by atoms with E-state index in [2.05, 4.69) is 4.90 Å². The maximum absolute atomic E-state index is 14.2. The molecule has 2 aliphatic heterocycles. The number of carboxylic acids is 1. The first-order valence-corrected chi connectivity index (χ1v) is 13.2. The summed E-state index contributed by atoms with van der Waals surface area (Å²) in [5.74, 6) is -2.35. The van der Waals surface area contributed by atoms with E-state index in [1.165, 1.54) is 6.07 Å². The molecule has 0 spiro atoms. The van der Waals surface area contributed by atoms with Gasteiger partial charge in [-0.15, -0.1) is 0 Å². The fourth-order valence-corrected chi connectivity index (χ4v) is 6.65. The van der Waals surface area contributed by atoms with Crippen LogP contribution in [0, 0.1) is 11.8 Å². The summed E-state index contributed by atoms with van der Waals surface area (Å²) in [4.78, 5) is 13.9. The van der Waals surface area contributed by atoms with Crippen molar-refractivity contribution in [2.24, 2.45) is 11.8 Å². The number of carboxylic acid groups (broad SMARTS) is 1. The topological polar surface area (TPSA) is 49.8 Å². The van der Waals surface area contributed by atoms with Gasteiger partial charge in [0.05, 0.1) is 23.5 Å². The van der Waals surface area contributed by atoms with Crippen molar-refractivity contribution >= 4 is 16.7 Å². The summed E-state index contributed by atoms with van der Waals surface area (Å²) in [7, 11) is 0. The molecule has 0 aromatic heterocycles. The molecule has 2 saturated heterocycles. The van der Waals surface area contributed by atoms with Crippen LogP contribution in [0.25, 0.3) is 10.8 Å². The normalized spacial score (nSPS) is 29.0. The van der Waals surface area contributed by atoms with Crippen molar-refractivity contribution in [3.05, 3.63) is 41.5 Å². The number of piperidine rings is 2. The van der Waals surface area contributed by atoms with E-state index < -0.39 is 30.6 Å². The summed E-state index contributed by atoms with van der Waals surface area (Å²) >= 11 is 0. The summed E-state index contributed by atoms with van der Waals surface area (Å²) in [5.41, 5.74) is 0.763. The number of alkyl halides is 5. The lowest BCUT2D eigenvalue weighted by molar-refractivity contribution is -0.185. The molecule has 37 heavy (non-hydrogen) atoms. The van der Waals surface area contributed by atoms with E-state index in [0.717, 1.165) is 24.8 Å². The van der Waals surface area contributed by atoms with Crippen LogP contribution < -0.4 is 4.74 Å². The fraction of sp³-hybridized carbons (Fsp3) is 0.607. The Morgan fingerprint density at radius 3 is 2.27 bits per heavy atom. The third-order valence-corrected chi connectivity index (χ3v) is 8.58. The van der Waals surface area contributed by atoms with E-state index in [0.29, 0.717) is 30.2 Å². The predicted octanol–water partition coefficient (Wildman–Crippen LogP) is 7.50. The molecule has 2 atom stereocenters. The van der Waals surface area contributed by atoms with Crippen molar-refractivity contribution in [1.29, 1.82) is 0 Å². The lowest BCUT2D eigenvalue weighted by Gasteiger charge is -2.48. The minimum Gasteiger partial charge on any atom is -0.490 e. The van der Waals surface area contributed by atoms with Crippen LogP contribution in [0.3, 0.4) is 0 Å². The van der Waals surface area contributed by atoms with Crippen molar-refractivity contribution in [3.63, 3.8) is 0 Å². The highest BCUT2D eigenvalue weighted by molar-refractivity contribution is 5.88. The predicted molar refractivity (Wildman–Crippen MR) is 129 cm³/mol. The minimum atomic E-state index is -4.23. The Kier molecular flexibility index (Phi) is 7.35. The zero-order valence-corrected chi connectivity index (χ0v) is 20.5. The van der Waals surface area contributed by atoms with Crippen molar-refractivity contribution in [2.75, 3.05) is 0 Å². The number of benzene rings is 2. The molecule has 9 heteroatoms. The number of nitrogens with zero attached hydrogens (tertiary/aromatic N) is 1. The first-order valence-electron chi connectivity index (χ1n) is 13.2. The number of fused-ring (bicyclic) bond motifs is 3. The Hall–Kier alpha value is -2.42. The second-order valence-electron chi connectivity index (χ2n) is 10.9. The van der Waals surface area contributed by atoms with Crippen molar-refractivity contribution in [3.8, 4) is 5.75 Å². The number of hydrogen-bond donors (Lipinski definition) is 1. The molecule has 3 aliphatic rings. The SMILES string of the molecule is O=C(O)C1CC2CCCC(C1)N2Cc1ccc2c(C(F)F)c(OC3CCC(C(F)(F)F)CC3)ccc2c1. The van der Waals surface area contributed by atoms with Gasteiger partial charge in [0.2, 0.25) is 0 Å². The van der Waals surface area contributed by atoms with Gasteiger partial charge in [-0.3, -0.25) is 9.69 Å². The second-order valence-corrected chi connectivity index (χ2v) is 10.9. The van der Waals surface area contributed by atoms with Crippen molar-refractivity contribution in [1.82, 2.24) is 4.90 Å². The van der Waals surface area contributed by atoms with E-state index in [4.69, 9.17) is 4.74 Å². The summed E-state index contributed by atoms with van der Waals surface area (Å²) in [6.45, 7) is 0.641. The molecule has 2 unspecified atom stereocenters.